The second-order valence-electron chi connectivity index (χ2n) is 9.37. The number of carbonyl (C=O) groups is 2. The number of rotatable bonds is 7. The third kappa shape index (κ3) is 5.97. The van der Waals surface area contributed by atoms with Gasteiger partial charge in [0.05, 0.1) is 12.8 Å². The van der Waals surface area contributed by atoms with Crippen molar-refractivity contribution in [1.29, 1.82) is 0 Å². The van der Waals surface area contributed by atoms with Crippen LogP contribution in [0.2, 0.25) is 0 Å². The summed E-state index contributed by atoms with van der Waals surface area (Å²) in [6, 6.07) is 15.7. The molecule has 0 fully saturated rings. The molecule has 0 radical (unpaired) electrons. The molecule has 1 aliphatic rings. The zero-order valence-electron chi connectivity index (χ0n) is 21.5. The quantitative estimate of drug-likeness (QED) is 0.342. The minimum Gasteiger partial charge on any atom is -0.481 e. The monoisotopic (exact) mass is 538 g/mol. The van der Waals surface area contributed by atoms with E-state index in [1.54, 1.807) is 30.5 Å². The number of carbonyl (C=O) groups excluding carboxylic acids is 2. The van der Waals surface area contributed by atoms with Crippen molar-refractivity contribution in [3.8, 4) is 28.8 Å². The Hall–Kier alpha value is -5.10. The number of methoxy groups -OCH3 is 1. The van der Waals surface area contributed by atoms with Gasteiger partial charge in [0.2, 0.25) is 11.8 Å². The van der Waals surface area contributed by atoms with Crippen LogP contribution in [-0.4, -0.2) is 28.9 Å². The summed E-state index contributed by atoms with van der Waals surface area (Å²) in [5.74, 6) is 3.64. The first kappa shape index (κ1) is 26.5. The number of primary amides is 1. The van der Waals surface area contributed by atoms with Gasteiger partial charge in [-0.15, -0.1) is 0 Å². The average molecular weight is 539 g/mol. The predicted octanol–water partition coefficient (Wildman–Crippen LogP) is 4.28. The molecule has 7 nitrogen and oxygen atoms in total. The molecule has 0 saturated heterocycles. The van der Waals surface area contributed by atoms with Crippen LogP contribution in [0.25, 0.3) is 11.1 Å². The maximum Gasteiger partial charge on any atom is 0.251 e. The van der Waals surface area contributed by atoms with Crippen molar-refractivity contribution in [3.05, 3.63) is 112 Å². The summed E-state index contributed by atoms with van der Waals surface area (Å²) < 4.78 is 33.1. The van der Waals surface area contributed by atoms with E-state index in [-0.39, 0.29) is 18.7 Å². The van der Waals surface area contributed by atoms with Crippen LogP contribution in [0, 0.1) is 23.5 Å². The number of benzene rings is 2. The van der Waals surface area contributed by atoms with Crippen LogP contribution in [0.5, 0.6) is 5.88 Å². The molecule has 1 atom stereocenters. The largest absolute Gasteiger partial charge is 0.481 e. The Morgan fingerprint density at radius 1 is 1.05 bits per heavy atom. The molecular formula is C31H24F2N4O3. The lowest BCUT2D eigenvalue weighted by molar-refractivity contribution is -0.118. The van der Waals surface area contributed by atoms with Crippen molar-refractivity contribution in [2.45, 2.75) is 25.3 Å². The minimum absolute atomic E-state index is 0.0995. The Balaban J connectivity index is 1.61. The van der Waals surface area contributed by atoms with Gasteiger partial charge in [-0.1, -0.05) is 18.1 Å². The molecule has 1 aliphatic heterocycles. The van der Waals surface area contributed by atoms with Crippen LogP contribution in [0.1, 0.15) is 50.8 Å². The second-order valence-corrected chi connectivity index (χ2v) is 9.37. The lowest BCUT2D eigenvalue weighted by atomic mass is 9.87. The van der Waals surface area contributed by atoms with E-state index >= 15 is 0 Å². The van der Waals surface area contributed by atoms with Crippen molar-refractivity contribution < 1.29 is 23.1 Å². The van der Waals surface area contributed by atoms with E-state index in [0.29, 0.717) is 51.6 Å². The lowest BCUT2D eigenvalue weighted by Crippen LogP contribution is -2.19. The highest BCUT2D eigenvalue weighted by Crippen LogP contribution is 2.34. The number of pyridine rings is 2. The van der Waals surface area contributed by atoms with Gasteiger partial charge >= 0.3 is 0 Å². The second kappa shape index (κ2) is 11.3. The molecule has 0 spiro atoms. The minimum atomic E-state index is -0.724. The first-order valence-corrected chi connectivity index (χ1v) is 12.5. The summed E-state index contributed by atoms with van der Waals surface area (Å²) in [5, 5.41) is 2.80. The van der Waals surface area contributed by atoms with E-state index in [4.69, 9.17) is 15.5 Å². The van der Waals surface area contributed by atoms with Crippen LogP contribution in [0.15, 0.2) is 66.9 Å². The molecule has 200 valence electrons. The van der Waals surface area contributed by atoms with Gasteiger partial charge in [-0.05, 0) is 65.4 Å². The molecule has 0 bridgehead atoms. The molecule has 2 aromatic heterocycles. The third-order valence-electron chi connectivity index (χ3n) is 6.55. The first-order valence-electron chi connectivity index (χ1n) is 12.5. The summed E-state index contributed by atoms with van der Waals surface area (Å²) in [5.41, 5.74) is 10.3. The highest BCUT2D eigenvalue weighted by Gasteiger charge is 2.24. The van der Waals surface area contributed by atoms with Crippen molar-refractivity contribution in [2.75, 3.05) is 7.11 Å². The van der Waals surface area contributed by atoms with Crippen LogP contribution in [0.3, 0.4) is 0 Å². The number of halogens is 2. The Kier molecular flexibility index (Phi) is 7.51. The van der Waals surface area contributed by atoms with E-state index in [9.17, 15) is 18.4 Å². The van der Waals surface area contributed by atoms with Gasteiger partial charge in [-0.2, -0.15) is 0 Å². The van der Waals surface area contributed by atoms with Gasteiger partial charge in [-0.25, -0.2) is 18.7 Å². The van der Waals surface area contributed by atoms with Gasteiger partial charge in [0.1, 0.15) is 17.3 Å². The van der Waals surface area contributed by atoms with E-state index in [1.807, 2.05) is 18.2 Å². The van der Waals surface area contributed by atoms with E-state index < -0.39 is 23.5 Å². The molecular weight excluding hydrogens is 514 g/mol. The predicted molar refractivity (Wildman–Crippen MR) is 144 cm³/mol. The van der Waals surface area contributed by atoms with Gasteiger partial charge in [0.15, 0.2) is 0 Å². The summed E-state index contributed by atoms with van der Waals surface area (Å²) in [6.45, 7) is 0.448. The van der Waals surface area contributed by atoms with Crippen molar-refractivity contribution in [3.63, 3.8) is 0 Å². The molecule has 4 aromatic rings. The zero-order valence-corrected chi connectivity index (χ0v) is 21.5. The van der Waals surface area contributed by atoms with E-state index in [0.717, 1.165) is 11.6 Å². The van der Waals surface area contributed by atoms with E-state index in [1.165, 1.54) is 19.2 Å². The molecule has 0 saturated carbocycles. The molecule has 5 rings (SSSR count). The molecule has 0 unspecified atom stereocenters. The summed E-state index contributed by atoms with van der Waals surface area (Å²) >= 11 is 0. The number of hydrogen-bond acceptors (Lipinski definition) is 5. The van der Waals surface area contributed by atoms with Crippen LogP contribution in [0.4, 0.5) is 8.78 Å². The number of fused-ring (bicyclic) bond motifs is 1. The SMILES string of the molecule is COc1ccc(C#Cc2ccc(-c3ccc4c(c3)C(=O)NC4)c([C@H](CC(N)=O)Cc3cc(F)cc(F)c3)n2)cn1. The van der Waals surface area contributed by atoms with Gasteiger partial charge in [0.25, 0.3) is 5.91 Å². The van der Waals surface area contributed by atoms with Crippen LogP contribution in [-0.2, 0) is 17.8 Å². The first-order chi connectivity index (χ1) is 19.3. The number of aromatic nitrogens is 2. The van der Waals surface area contributed by atoms with Crippen LogP contribution >= 0.6 is 0 Å². The van der Waals surface area contributed by atoms with Crippen LogP contribution < -0.4 is 15.8 Å². The van der Waals surface area contributed by atoms with Crippen molar-refractivity contribution in [1.82, 2.24) is 15.3 Å². The van der Waals surface area contributed by atoms with E-state index in [2.05, 4.69) is 22.1 Å². The average Bonchev–Trinajstić information content (AvgIpc) is 3.30. The highest BCUT2D eigenvalue weighted by atomic mass is 19.1. The highest BCUT2D eigenvalue weighted by molar-refractivity contribution is 5.99. The standard InChI is InChI=1S/C31H24F2N4O3/c1-40-29-9-3-18(16-35-29)2-6-25-7-8-26(20-4-5-21-17-36-31(39)27(21)13-20)30(37-25)22(14-28(34)38)10-19-11-23(32)15-24(33)12-19/h3-5,7-9,11-13,15-16,22H,10,14,17H2,1H3,(H2,34,38)(H,36,39)/t22-/m0/s1. The molecule has 3 heterocycles. The maximum atomic E-state index is 14.0. The topological polar surface area (TPSA) is 107 Å². The van der Waals surface area contributed by atoms with Gasteiger partial charge in [-0.3, -0.25) is 9.59 Å². The summed E-state index contributed by atoms with van der Waals surface area (Å²) in [6.07, 6.45) is 1.55. The number of amides is 2. The number of hydrogen-bond donors (Lipinski definition) is 2. The number of ether oxygens (including phenoxy) is 1. The van der Waals surface area contributed by atoms with Gasteiger partial charge < -0.3 is 15.8 Å². The molecule has 9 heteroatoms. The smallest absolute Gasteiger partial charge is 0.251 e. The Morgan fingerprint density at radius 3 is 2.55 bits per heavy atom. The Bertz CT molecular complexity index is 1660. The third-order valence-corrected chi connectivity index (χ3v) is 6.55. The molecule has 40 heavy (non-hydrogen) atoms. The van der Waals surface area contributed by atoms with Crippen molar-refractivity contribution in [2.24, 2.45) is 5.73 Å². The fraction of sp³-hybridized carbons (Fsp3) is 0.161. The molecule has 0 aliphatic carbocycles. The number of nitrogens with two attached hydrogens (primary N) is 1. The molecule has 2 aromatic carbocycles. The fourth-order valence-electron chi connectivity index (χ4n) is 4.71. The lowest BCUT2D eigenvalue weighted by Gasteiger charge is -2.20. The normalized spacial score (nSPS) is 12.6. The van der Waals surface area contributed by atoms with Crippen molar-refractivity contribution >= 4 is 11.8 Å². The summed E-state index contributed by atoms with van der Waals surface area (Å²) in [7, 11) is 1.52. The van der Waals surface area contributed by atoms with Gasteiger partial charge in [0, 0.05) is 53.9 Å². The molecule has 2 amide bonds. The maximum absolute atomic E-state index is 14.0. The Labute approximate surface area is 229 Å². The number of nitrogens with one attached hydrogen (secondary N) is 1. The Morgan fingerprint density at radius 2 is 1.85 bits per heavy atom. The number of nitrogens with zero attached hydrogens (tertiary/aromatic N) is 2. The molecule has 3 N–H and O–H groups in total. The summed E-state index contributed by atoms with van der Waals surface area (Å²) in [4.78, 5) is 33.4. The fourth-order valence-corrected chi connectivity index (χ4v) is 4.71. The zero-order chi connectivity index (χ0) is 28.2.